The molecule has 0 aromatic heterocycles. The highest BCUT2D eigenvalue weighted by Crippen LogP contribution is 2.38. The lowest BCUT2D eigenvalue weighted by Crippen LogP contribution is -2.47. The van der Waals surface area contributed by atoms with Gasteiger partial charge in [0.15, 0.2) is 0 Å². The number of aryl methyl sites for hydroxylation is 1. The van der Waals surface area contributed by atoms with E-state index < -0.39 is 0 Å². The van der Waals surface area contributed by atoms with Crippen LogP contribution in [-0.4, -0.2) is 51.3 Å². The molecule has 2 aliphatic heterocycles. The van der Waals surface area contributed by atoms with Gasteiger partial charge in [-0.2, -0.15) is 0 Å². The fourth-order valence-corrected chi connectivity index (χ4v) is 4.65. The first-order valence-corrected chi connectivity index (χ1v) is 10.4. The SMILES string of the molecule is COc1cc2c(cc1N1CCN(CC3=Cc4ccccc4CC3)CC1)OCC2. The molecule has 0 atom stereocenters. The molecule has 5 rings (SSSR count). The fraction of sp³-hybridized carbons (Fsp3) is 0.417. The molecule has 1 saturated heterocycles. The van der Waals surface area contributed by atoms with E-state index in [1.54, 1.807) is 12.7 Å². The summed E-state index contributed by atoms with van der Waals surface area (Å²) in [4.78, 5) is 5.04. The Morgan fingerprint density at radius 1 is 0.964 bits per heavy atom. The van der Waals surface area contributed by atoms with Gasteiger partial charge in [0.1, 0.15) is 11.5 Å². The lowest BCUT2D eigenvalue weighted by atomic mass is 9.92. The van der Waals surface area contributed by atoms with Crippen molar-refractivity contribution in [3.63, 3.8) is 0 Å². The Bertz CT molecular complexity index is 897. The average molecular weight is 377 g/mol. The Morgan fingerprint density at radius 2 is 1.82 bits per heavy atom. The molecule has 4 heteroatoms. The summed E-state index contributed by atoms with van der Waals surface area (Å²) in [6, 6.07) is 13.1. The molecule has 28 heavy (non-hydrogen) atoms. The van der Waals surface area contributed by atoms with Crippen LogP contribution in [0.1, 0.15) is 23.1 Å². The molecule has 2 heterocycles. The number of piperazine rings is 1. The minimum Gasteiger partial charge on any atom is -0.495 e. The van der Waals surface area contributed by atoms with Gasteiger partial charge >= 0.3 is 0 Å². The van der Waals surface area contributed by atoms with Crippen molar-refractivity contribution < 1.29 is 9.47 Å². The number of nitrogens with zero attached hydrogens (tertiary/aromatic N) is 2. The van der Waals surface area contributed by atoms with Crippen molar-refractivity contribution in [3.8, 4) is 11.5 Å². The third kappa shape index (κ3) is 3.37. The predicted molar refractivity (Wildman–Crippen MR) is 114 cm³/mol. The Kier molecular flexibility index (Phi) is 4.73. The van der Waals surface area contributed by atoms with E-state index in [2.05, 4.69) is 52.3 Å². The molecule has 0 unspecified atom stereocenters. The van der Waals surface area contributed by atoms with Gasteiger partial charge in [-0.25, -0.2) is 0 Å². The second kappa shape index (κ2) is 7.51. The first-order valence-electron chi connectivity index (χ1n) is 10.4. The van der Waals surface area contributed by atoms with E-state index in [4.69, 9.17) is 9.47 Å². The van der Waals surface area contributed by atoms with E-state index in [1.165, 1.54) is 35.2 Å². The zero-order chi connectivity index (χ0) is 18.9. The minimum absolute atomic E-state index is 0.786. The summed E-state index contributed by atoms with van der Waals surface area (Å²) < 4.78 is 11.5. The van der Waals surface area contributed by atoms with Gasteiger partial charge in [0.05, 0.1) is 19.4 Å². The lowest BCUT2D eigenvalue weighted by Gasteiger charge is -2.37. The molecular formula is C24H28N2O2. The van der Waals surface area contributed by atoms with E-state index in [0.29, 0.717) is 0 Å². The molecule has 3 aliphatic rings. The van der Waals surface area contributed by atoms with Crippen LogP contribution in [-0.2, 0) is 12.8 Å². The van der Waals surface area contributed by atoms with Crippen molar-refractivity contribution in [2.24, 2.45) is 0 Å². The summed E-state index contributed by atoms with van der Waals surface area (Å²) in [6.07, 6.45) is 5.76. The maximum Gasteiger partial charge on any atom is 0.142 e. The van der Waals surface area contributed by atoms with E-state index in [9.17, 15) is 0 Å². The van der Waals surface area contributed by atoms with E-state index in [-0.39, 0.29) is 0 Å². The van der Waals surface area contributed by atoms with Gasteiger partial charge in [0, 0.05) is 50.8 Å². The highest BCUT2D eigenvalue weighted by atomic mass is 16.5. The molecule has 2 aromatic rings. The van der Waals surface area contributed by atoms with Crippen LogP contribution in [0.15, 0.2) is 42.0 Å². The van der Waals surface area contributed by atoms with E-state index >= 15 is 0 Å². The van der Waals surface area contributed by atoms with Gasteiger partial charge in [0.2, 0.25) is 0 Å². The van der Waals surface area contributed by atoms with Crippen LogP contribution in [0.2, 0.25) is 0 Å². The Morgan fingerprint density at radius 3 is 2.68 bits per heavy atom. The molecule has 0 bridgehead atoms. The molecule has 1 aliphatic carbocycles. The number of methoxy groups -OCH3 is 1. The monoisotopic (exact) mass is 376 g/mol. The standard InChI is InChI=1S/C24H28N2O2/c1-27-24-15-21-8-13-28-23(21)16-22(24)26-11-9-25(10-12-26)17-18-6-7-19-4-2-3-5-20(19)14-18/h2-5,14-16H,6-13,17H2,1H3. The van der Waals surface area contributed by atoms with Crippen LogP contribution in [0.25, 0.3) is 6.08 Å². The number of fused-ring (bicyclic) bond motifs is 2. The molecule has 0 saturated carbocycles. The molecule has 0 N–H and O–H groups in total. The zero-order valence-electron chi connectivity index (χ0n) is 16.6. The van der Waals surface area contributed by atoms with Gasteiger partial charge in [-0.3, -0.25) is 4.90 Å². The lowest BCUT2D eigenvalue weighted by molar-refractivity contribution is 0.275. The highest BCUT2D eigenvalue weighted by Gasteiger charge is 2.24. The van der Waals surface area contributed by atoms with Crippen LogP contribution in [0.5, 0.6) is 11.5 Å². The summed E-state index contributed by atoms with van der Waals surface area (Å²) in [6.45, 7) is 6.10. The summed E-state index contributed by atoms with van der Waals surface area (Å²) in [5.74, 6) is 2.01. The van der Waals surface area contributed by atoms with Crippen LogP contribution in [0.3, 0.4) is 0 Å². The van der Waals surface area contributed by atoms with Crippen molar-refractivity contribution in [2.45, 2.75) is 19.3 Å². The topological polar surface area (TPSA) is 24.9 Å². The van der Waals surface area contributed by atoms with Crippen molar-refractivity contribution in [3.05, 3.63) is 58.7 Å². The average Bonchev–Trinajstić information content (AvgIpc) is 3.21. The summed E-state index contributed by atoms with van der Waals surface area (Å²) in [5.41, 5.74) is 6.90. The number of ether oxygens (including phenoxy) is 2. The van der Waals surface area contributed by atoms with Crippen molar-refractivity contribution in [1.82, 2.24) is 4.90 Å². The molecule has 1 fully saturated rings. The molecule has 146 valence electrons. The first kappa shape index (κ1) is 17.6. The van der Waals surface area contributed by atoms with Gasteiger partial charge < -0.3 is 14.4 Å². The second-order valence-corrected chi connectivity index (χ2v) is 7.99. The Balaban J connectivity index is 1.25. The first-order chi connectivity index (χ1) is 13.8. The van der Waals surface area contributed by atoms with Crippen LogP contribution in [0, 0.1) is 0 Å². The third-order valence-electron chi connectivity index (χ3n) is 6.26. The quantitative estimate of drug-likeness (QED) is 0.811. The molecule has 4 nitrogen and oxygen atoms in total. The van der Waals surface area contributed by atoms with Crippen molar-refractivity contribution >= 4 is 11.8 Å². The predicted octanol–water partition coefficient (Wildman–Crippen LogP) is 3.78. The van der Waals surface area contributed by atoms with Gasteiger partial charge in [0.25, 0.3) is 0 Å². The van der Waals surface area contributed by atoms with Crippen LogP contribution in [0.4, 0.5) is 5.69 Å². The second-order valence-electron chi connectivity index (χ2n) is 7.99. The van der Waals surface area contributed by atoms with Crippen molar-refractivity contribution in [2.75, 3.05) is 51.3 Å². The van der Waals surface area contributed by atoms with E-state index in [1.807, 2.05) is 0 Å². The van der Waals surface area contributed by atoms with Gasteiger partial charge in [-0.05, 0) is 30.0 Å². The van der Waals surface area contributed by atoms with Crippen molar-refractivity contribution in [1.29, 1.82) is 0 Å². The Hall–Kier alpha value is -2.46. The molecule has 0 spiro atoms. The number of benzene rings is 2. The zero-order valence-corrected chi connectivity index (χ0v) is 16.6. The smallest absolute Gasteiger partial charge is 0.142 e. The van der Waals surface area contributed by atoms with Gasteiger partial charge in [-0.1, -0.05) is 35.9 Å². The van der Waals surface area contributed by atoms with Crippen LogP contribution < -0.4 is 14.4 Å². The maximum atomic E-state index is 5.78. The normalized spacial score (nSPS) is 18.9. The number of hydrogen-bond donors (Lipinski definition) is 0. The summed E-state index contributed by atoms with van der Waals surface area (Å²) in [5, 5.41) is 0. The maximum absolute atomic E-state index is 5.78. The molecule has 0 amide bonds. The Labute approximate surface area is 167 Å². The largest absolute Gasteiger partial charge is 0.495 e. The molecular weight excluding hydrogens is 348 g/mol. The molecule has 2 aromatic carbocycles. The fourth-order valence-electron chi connectivity index (χ4n) is 4.65. The third-order valence-corrected chi connectivity index (χ3v) is 6.26. The van der Waals surface area contributed by atoms with Gasteiger partial charge in [-0.15, -0.1) is 0 Å². The highest BCUT2D eigenvalue weighted by molar-refractivity contribution is 5.65. The van der Waals surface area contributed by atoms with Crippen LogP contribution >= 0.6 is 0 Å². The molecule has 0 radical (unpaired) electrons. The number of rotatable bonds is 4. The summed E-state index contributed by atoms with van der Waals surface area (Å²) >= 11 is 0. The summed E-state index contributed by atoms with van der Waals surface area (Å²) in [7, 11) is 1.77. The van der Waals surface area contributed by atoms with E-state index in [0.717, 1.165) is 57.3 Å². The number of anilines is 1. The minimum atomic E-state index is 0.786. The number of hydrogen-bond acceptors (Lipinski definition) is 4.